The van der Waals surface area contributed by atoms with E-state index in [1.807, 2.05) is 6.92 Å². The quantitative estimate of drug-likeness (QED) is 0.746. The minimum Gasteiger partial charge on any atom is -0.386 e. The lowest BCUT2D eigenvalue weighted by atomic mass is 10.0. The molecule has 0 bridgehead atoms. The van der Waals surface area contributed by atoms with Crippen molar-refractivity contribution in [2.24, 2.45) is 0 Å². The van der Waals surface area contributed by atoms with E-state index in [9.17, 15) is 14.3 Å². The van der Waals surface area contributed by atoms with Crippen molar-refractivity contribution in [1.29, 1.82) is 0 Å². The Morgan fingerprint density at radius 1 is 1.28 bits per heavy atom. The molecule has 2 atom stereocenters. The van der Waals surface area contributed by atoms with E-state index >= 15 is 0 Å². The van der Waals surface area contributed by atoms with Crippen LogP contribution in [0, 0.1) is 5.82 Å². The Morgan fingerprint density at radius 2 is 2.00 bits per heavy atom. The Hall–Kier alpha value is -2.80. The highest BCUT2D eigenvalue weighted by Gasteiger charge is 2.19. The van der Waals surface area contributed by atoms with Crippen LogP contribution in [0.15, 0.2) is 42.5 Å². The van der Waals surface area contributed by atoms with Gasteiger partial charge in [-0.05, 0) is 49.7 Å². The third kappa shape index (κ3) is 3.51. The first-order valence-corrected chi connectivity index (χ1v) is 8.07. The van der Waals surface area contributed by atoms with Gasteiger partial charge in [0.2, 0.25) is 0 Å². The molecule has 3 aromatic rings. The van der Waals surface area contributed by atoms with Crippen LogP contribution in [0.4, 0.5) is 4.39 Å². The Balaban J connectivity index is 1.73. The van der Waals surface area contributed by atoms with E-state index in [1.165, 1.54) is 24.3 Å². The van der Waals surface area contributed by atoms with Gasteiger partial charge in [0.1, 0.15) is 11.3 Å². The first-order chi connectivity index (χ1) is 12.0. The molecule has 1 aromatic heterocycles. The van der Waals surface area contributed by atoms with Crippen LogP contribution in [-0.4, -0.2) is 32.0 Å². The molecule has 6 nitrogen and oxygen atoms in total. The Bertz CT molecular complexity index is 892. The lowest BCUT2D eigenvalue weighted by Gasteiger charge is -2.20. The van der Waals surface area contributed by atoms with Gasteiger partial charge in [0, 0.05) is 12.1 Å². The number of carbonyl (C=O) groups is 1. The molecule has 0 fully saturated rings. The summed E-state index contributed by atoms with van der Waals surface area (Å²) in [5.41, 5.74) is 2.48. The highest BCUT2D eigenvalue weighted by molar-refractivity contribution is 5.97. The molecule has 0 spiro atoms. The van der Waals surface area contributed by atoms with Crippen LogP contribution in [0.5, 0.6) is 0 Å². The molecule has 2 aromatic carbocycles. The Morgan fingerprint density at radius 3 is 2.68 bits per heavy atom. The molecule has 0 saturated heterocycles. The van der Waals surface area contributed by atoms with Gasteiger partial charge in [-0.25, -0.2) is 9.07 Å². The highest BCUT2D eigenvalue weighted by Crippen LogP contribution is 2.18. The maximum atomic E-state index is 13.0. The molecule has 0 aliphatic rings. The molecule has 25 heavy (non-hydrogen) atoms. The molecule has 2 N–H and O–H groups in total. The standard InChI is InChI=1S/C18H19FN4O2/c1-3-23-16-9-6-13(10-15(16)21-22-23)18(25)20-11(2)17(24)12-4-7-14(19)8-5-12/h4-11,17,24H,3H2,1-2H3,(H,20,25). The topological polar surface area (TPSA) is 80.0 Å². The number of nitrogens with one attached hydrogen (secondary N) is 1. The van der Waals surface area contributed by atoms with Crippen LogP contribution in [0.3, 0.4) is 0 Å². The van der Waals surface area contributed by atoms with Gasteiger partial charge in [0.25, 0.3) is 5.91 Å². The fourth-order valence-corrected chi connectivity index (χ4v) is 2.66. The molecule has 0 radical (unpaired) electrons. The van der Waals surface area contributed by atoms with Gasteiger partial charge >= 0.3 is 0 Å². The molecule has 7 heteroatoms. The van der Waals surface area contributed by atoms with E-state index in [2.05, 4.69) is 15.6 Å². The highest BCUT2D eigenvalue weighted by atomic mass is 19.1. The minimum atomic E-state index is -0.936. The number of aliphatic hydroxyl groups excluding tert-OH is 1. The second kappa shape index (κ2) is 6.98. The summed E-state index contributed by atoms with van der Waals surface area (Å²) in [5, 5.41) is 21.1. The number of hydrogen-bond donors (Lipinski definition) is 2. The third-order valence-electron chi connectivity index (χ3n) is 4.12. The maximum absolute atomic E-state index is 13.0. The SMILES string of the molecule is CCn1nnc2cc(C(=O)NC(C)C(O)c3ccc(F)cc3)ccc21. The van der Waals surface area contributed by atoms with E-state index in [0.29, 0.717) is 23.2 Å². The predicted molar refractivity (Wildman–Crippen MR) is 91.5 cm³/mol. The number of amides is 1. The van der Waals surface area contributed by atoms with Crippen molar-refractivity contribution in [2.45, 2.75) is 32.5 Å². The van der Waals surface area contributed by atoms with Crippen molar-refractivity contribution in [3.63, 3.8) is 0 Å². The van der Waals surface area contributed by atoms with E-state index in [1.54, 1.807) is 29.8 Å². The first-order valence-electron chi connectivity index (χ1n) is 8.07. The van der Waals surface area contributed by atoms with Crippen molar-refractivity contribution < 1.29 is 14.3 Å². The van der Waals surface area contributed by atoms with Crippen LogP contribution < -0.4 is 5.32 Å². The number of aliphatic hydroxyl groups is 1. The number of benzene rings is 2. The summed E-state index contributed by atoms with van der Waals surface area (Å²) in [6, 6.07) is 10.2. The molecule has 0 aliphatic carbocycles. The fraction of sp³-hybridized carbons (Fsp3) is 0.278. The number of halogens is 1. The van der Waals surface area contributed by atoms with Crippen molar-refractivity contribution >= 4 is 16.9 Å². The van der Waals surface area contributed by atoms with Crippen LogP contribution in [0.2, 0.25) is 0 Å². The van der Waals surface area contributed by atoms with Gasteiger partial charge < -0.3 is 10.4 Å². The Labute approximate surface area is 144 Å². The number of hydrogen-bond acceptors (Lipinski definition) is 4. The van der Waals surface area contributed by atoms with E-state index < -0.39 is 12.1 Å². The Kier molecular flexibility index (Phi) is 4.76. The molecule has 0 aliphatic heterocycles. The average Bonchev–Trinajstić information content (AvgIpc) is 3.03. The first kappa shape index (κ1) is 17.0. The molecular weight excluding hydrogens is 323 g/mol. The molecule has 3 rings (SSSR count). The number of rotatable bonds is 5. The monoisotopic (exact) mass is 342 g/mol. The number of fused-ring (bicyclic) bond motifs is 1. The summed E-state index contributed by atoms with van der Waals surface area (Å²) in [7, 11) is 0. The number of carbonyl (C=O) groups excluding carboxylic acids is 1. The molecule has 2 unspecified atom stereocenters. The summed E-state index contributed by atoms with van der Waals surface area (Å²) >= 11 is 0. The van der Waals surface area contributed by atoms with E-state index in [-0.39, 0.29) is 11.7 Å². The normalized spacial score (nSPS) is 13.6. The lowest BCUT2D eigenvalue weighted by Crippen LogP contribution is -2.37. The van der Waals surface area contributed by atoms with Crippen LogP contribution >= 0.6 is 0 Å². The fourth-order valence-electron chi connectivity index (χ4n) is 2.66. The van der Waals surface area contributed by atoms with Crippen LogP contribution in [0.1, 0.15) is 35.9 Å². The average molecular weight is 342 g/mol. The predicted octanol–water partition coefficient (Wildman–Crippen LogP) is 2.44. The summed E-state index contributed by atoms with van der Waals surface area (Å²) in [4.78, 5) is 12.4. The smallest absolute Gasteiger partial charge is 0.251 e. The van der Waals surface area contributed by atoms with Crippen molar-refractivity contribution in [3.05, 3.63) is 59.4 Å². The summed E-state index contributed by atoms with van der Waals surface area (Å²) in [5.74, 6) is -0.692. The number of aromatic nitrogens is 3. The van der Waals surface area contributed by atoms with Gasteiger partial charge in [-0.2, -0.15) is 0 Å². The summed E-state index contributed by atoms with van der Waals surface area (Å²) in [6.07, 6.45) is -0.936. The van der Waals surface area contributed by atoms with E-state index in [0.717, 1.165) is 5.52 Å². The lowest BCUT2D eigenvalue weighted by molar-refractivity contribution is 0.0852. The van der Waals surface area contributed by atoms with E-state index in [4.69, 9.17) is 0 Å². The summed E-state index contributed by atoms with van der Waals surface area (Å²) < 4.78 is 14.7. The zero-order valence-corrected chi connectivity index (χ0v) is 14.0. The minimum absolute atomic E-state index is 0.318. The van der Waals surface area contributed by atoms with Gasteiger partial charge in [-0.1, -0.05) is 17.3 Å². The van der Waals surface area contributed by atoms with Gasteiger partial charge in [0.05, 0.1) is 17.7 Å². The van der Waals surface area contributed by atoms with Gasteiger partial charge in [0.15, 0.2) is 0 Å². The molecule has 0 saturated carbocycles. The zero-order chi connectivity index (χ0) is 18.0. The van der Waals surface area contributed by atoms with Crippen molar-refractivity contribution in [2.75, 3.05) is 0 Å². The number of nitrogens with zero attached hydrogens (tertiary/aromatic N) is 3. The molecular formula is C18H19FN4O2. The second-order valence-corrected chi connectivity index (χ2v) is 5.87. The third-order valence-corrected chi connectivity index (χ3v) is 4.12. The second-order valence-electron chi connectivity index (χ2n) is 5.87. The van der Waals surface area contributed by atoms with Crippen LogP contribution in [0.25, 0.3) is 11.0 Å². The summed E-state index contributed by atoms with van der Waals surface area (Å²) in [6.45, 7) is 4.36. The zero-order valence-electron chi connectivity index (χ0n) is 14.0. The van der Waals surface area contributed by atoms with Crippen molar-refractivity contribution in [1.82, 2.24) is 20.3 Å². The largest absolute Gasteiger partial charge is 0.386 e. The van der Waals surface area contributed by atoms with Crippen LogP contribution in [-0.2, 0) is 6.54 Å². The maximum Gasteiger partial charge on any atom is 0.251 e. The molecule has 130 valence electrons. The van der Waals surface area contributed by atoms with Gasteiger partial charge in [-0.3, -0.25) is 4.79 Å². The molecule has 1 heterocycles. The van der Waals surface area contributed by atoms with Crippen molar-refractivity contribution in [3.8, 4) is 0 Å². The number of aryl methyl sites for hydroxylation is 1. The molecule has 1 amide bonds. The van der Waals surface area contributed by atoms with Gasteiger partial charge in [-0.15, -0.1) is 5.10 Å².